The zero-order valence-electron chi connectivity index (χ0n) is 20.5. The molecule has 0 unspecified atom stereocenters. The standard InChI is InChI=1S/C28H45NO3/c1-4-5-6-7-8-9-10-11-12-13-14-15-16-17-18-19-20-21-22-23-27(30)29-26(28(31)32)24-25(2)3/h5-6,8-9,11-12,14-15,17-18,25-26H,4,7,10,13,16,19-24H2,1-3H3,(H,29,30)(H,31,32)/t26-/m0/s1. The highest BCUT2D eigenvalue weighted by Crippen LogP contribution is 2.08. The van der Waals surface area contributed by atoms with Gasteiger partial charge in [-0.3, -0.25) is 4.79 Å². The van der Waals surface area contributed by atoms with Gasteiger partial charge in [0.1, 0.15) is 6.04 Å². The van der Waals surface area contributed by atoms with Gasteiger partial charge in [-0.2, -0.15) is 0 Å². The summed E-state index contributed by atoms with van der Waals surface area (Å²) in [6, 6.07) is -0.774. The van der Waals surface area contributed by atoms with Crippen molar-refractivity contribution in [3.05, 3.63) is 60.8 Å². The van der Waals surface area contributed by atoms with Crippen molar-refractivity contribution >= 4 is 11.9 Å². The normalized spacial score (nSPS) is 13.5. The third-order valence-corrected chi connectivity index (χ3v) is 4.77. The van der Waals surface area contributed by atoms with Crippen LogP contribution >= 0.6 is 0 Å². The van der Waals surface area contributed by atoms with Gasteiger partial charge in [-0.15, -0.1) is 0 Å². The Bertz CT molecular complexity index is 627. The number of carboxylic acids is 1. The predicted molar refractivity (Wildman–Crippen MR) is 137 cm³/mol. The number of unbranched alkanes of at least 4 members (excludes halogenated alkanes) is 3. The van der Waals surface area contributed by atoms with E-state index in [-0.39, 0.29) is 11.8 Å². The number of allylic oxidation sites excluding steroid dienone is 10. The van der Waals surface area contributed by atoms with E-state index in [0.29, 0.717) is 12.8 Å². The van der Waals surface area contributed by atoms with Crippen molar-refractivity contribution < 1.29 is 14.7 Å². The maximum atomic E-state index is 11.9. The van der Waals surface area contributed by atoms with Gasteiger partial charge in [-0.1, -0.05) is 88.0 Å². The van der Waals surface area contributed by atoms with E-state index in [1.165, 1.54) is 0 Å². The molecule has 0 radical (unpaired) electrons. The van der Waals surface area contributed by atoms with Gasteiger partial charge in [0.2, 0.25) is 5.91 Å². The number of hydrogen-bond acceptors (Lipinski definition) is 2. The Morgan fingerprint density at radius 2 is 1.25 bits per heavy atom. The summed E-state index contributed by atoms with van der Waals surface area (Å²) < 4.78 is 0. The molecule has 2 N–H and O–H groups in total. The number of carboxylic acid groups (broad SMARTS) is 1. The highest BCUT2D eigenvalue weighted by Gasteiger charge is 2.20. The van der Waals surface area contributed by atoms with Crippen molar-refractivity contribution in [3.8, 4) is 0 Å². The van der Waals surface area contributed by atoms with Crippen LogP contribution in [0.15, 0.2) is 60.8 Å². The van der Waals surface area contributed by atoms with Gasteiger partial charge in [0.25, 0.3) is 0 Å². The van der Waals surface area contributed by atoms with Crippen molar-refractivity contribution in [2.24, 2.45) is 5.92 Å². The summed E-state index contributed by atoms with van der Waals surface area (Å²) in [7, 11) is 0. The fraction of sp³-hybridized carbons (Fsp3) is 0.571. The molecule has 4 heteroatoms. The molecule has 180 valence electrons. The van der Waals surface area contributed by atoms with Gasteiger partial charge in [-0.05, 0) is 63.7 Å². The summed E-state index contributed by atoms with van der Waals surface area (Å²) in [5, 5.41) is 11.8. The van der Waals surface area contributed by atoms with Crippen molar-refractivity contribution in [1.82, 2.24) is 5.32 Å². The molecular formula is C28H45NO3. The molecule has 0 aromatic heterocycles. The molecule has 32 heavy (non-hydrogen) atoms. The first-order valence-electron chi connectivity index (χ1n) is 12.2. The first kappa shape index (κ1) is 29.6. The molecule has 0 aromatic rings. The number of rotatable bonds is 19. The maximum Gasteiger partial charge on any atom is 0.326 e. The van der Waals surface area contributed by atoms with Crippen molar-refractivity contribution in [3.63, 3.8) is 0 Å². The molecule has 0 fully saturated rings. The smallest absolute Gasteiger partial charge is 0.326 e. The Labute approximate surface area is 196 Å². The minimum Gasteiger partial charge on any atom is -0.480 e. The minimum absolute atomic E-state index is 0.159. The van der Waals surface area contributed by atoms with E-state index in [4.69, 9.17) is 0 Å². The molecule has 0 rings (SSSR count). The van der Waals surface area contributed by atoms with E-state index < -0.39 is 12.0 Å². The van der Waals surface area contributed by atoms with Crippen LogP contribution in [-0.2, 0) is 9.59 Å². The Kier molecular flexibility index (Phi) is 20.2. The molecule has 1 amide bonds. The average Bonchev–Trinajstić information content (AvgIpc) is 2.74. The molecule has 0 spiro atoms. The SMILES string of the molecule is CCC=CCC=CCC=CCC=CCC=CCCCCCC(=O)N[C@@H](CC(C)C)C(=O)O. The second-order valence-corrected chi connectivity index (χ2v) is 8.40. The van der Waals surface area contributed by atoms with Crippen LogP contribution < -0.4 is 5.32 Å². The van der Waals surface area contributed by atoms with Crippen molar-refractivity contribution in [1.29, 1.82) is 0 Å². The van der Waals surface area contributed by atoms with E-state index in [9.17, 15) is 14.7 Å². The molecule has 0 aliphatic rings. The summed E-state index contributed by atoms with van der Waals surface area (Å²) in [6.45, 7) is 6.06. The van der Waals surface area contributed by atoms with Gasteiger partial charge in [0.05, 0.1) is 0 Å². The summed E-state index contributed by atoms with van der Waals surface area (Å²) in [5.41, 5.74) is 0. The molecule has 0 saturated heterocycles. The fourth-order valence-corrected chi connectivity index (χ4v) is 3.05. The van der Waals surface area contributed by atoms with E-state index >= 15 is 0 Å². The summed E-state index contributed by atoms with van der Waals surface area (Å²) in [6.07, 6.45) is 31.7. The number of carbonyl (C=O) groups is 2. The number of nitrogens with one attached hydrogen (secondary N) is 1. The quantitative estimate of drug-likeness (QED) is 0.162. The second-order valence-electron chi connectivity index (χ2n) is 8.40. The zero-order chi connectivity index (χ0) is 23.9. The van der Waals surface area contributed by atoms with E-state index in [0.717, 1.165) is 57.8 Å². The molecule has 1 atom stereocenters. The van der Waals surface area contributed by atoms with Gasteiger partial charge in [-0.25, -0.2) is 4.79 Å². The molecule has 4 nitrogen and oxygen atoms in total. The van der Waals surface area contributed by atoms with Gasteiger partial charge in [0.15, 0.2) is 0 Å². The van der Waals surface area contributed by atoms with Crippen LogP contribution in [0.25, 0.3) is 0 Å². The Morgan fingerprint density at radius 1 is 0.750 bits per heavy atom. The first-order chi connectivity index (χ1) is 15.5. The van der Waals surface area contributed by atoms with E-state index in [1.807, 2.05) is 13.8 Å². The van der Waals surface area contributed by atoms with Crippen LogP contribution in [0.4, 0.5) is 0 Å². The molecule has 0 aromatic carbocycles. The molecule has 0 aliphatic carbocycles. The fourth-order valence-electron chi connectivity index (χ4n) is 3.05. The van der Waals surface area contributed by atoms with Crippen LogP contribution in [0, 0.1) is 5.92 Å². The molecule has 0 aliphatic heterocycles. The van der Waals surface area contributed by atoms with Crippen LogP contribution in [0.5, 0.6) is 0 Å². The Morgan fingerprint density at radius 3 is 1.72 bits per heavy atom. The molecule has 0 bridgehead atoms. The number of hydrogen-bond donors (Lipinski definition) is 2. The molecular weight excluding hydrogens is 398 g/mol. The summed E-state index contributed by atoms with van der Waals surface area (Å²) in [5.74, 6) is -0.877. The first-order valence-corrected chi connectivity index (χ1v) is 12.2. The van der Waals surface area contributed by atoms with Gasteiger partial charge >= 0.3 is 5.97 Å². The lowest BCUT2D eigenvalue weighted by molar-refractivity contribution is -0.142. The monoisotopic (exact) mass is 443 g/mol. The Hall–Kier alpha value is -2.36. The lowest BCUT2D eigenvalue weighted by Crippen LogP contribution is -2.41. The van der Waals surface area contributed by atoms with Crippen LogP contribution in [0.1, 0.15) is 91.4 Å². The highest BCUT2D eigenvalue weighted by atomic mass is 16.4. The van der Waals surface area contributed by atoms with E-state index in [1.54, 1.807) is 0 Å². The van der Waals surface area contributed by atoms with Crippen molar-refractivity contribution in [2.45, 2.75) is 97.4 Å². The third-order valence-electron chi connectivity index (χ3n) is 4.77. The zero-order valence-corrected chi connectivity index (χ0v) is 20.5. The highest BCUT2D eigenvalue weighted by molar-refractivity contribution is 5.83. The topological polar surface area (TPSA) is 66.4 Å². The van der Waals surface area contributed by atoms with Crippen LogP contribution in [-0.4, -0.2) is 23.0 Å². The van der Waals surface area contributed by atoms with E-state index in [2.05, 4.69) is 73.0 Å². The summed E-state index contributed by atoms with van der Waals surface area (Å²) in [4.78, 5) is 23.1. The maximum absolute atomic E-state index is 11.9. The molecule has 0 saturated carbocycles. The lowest BCUT2D eigenvalue weighted by Gasteiger charge is -2.16. The predicted octanol–water partition coefficient (Wildman–Crippen LogP) is 7.30. The second kappa shape index (κ2) is 21.9. The largest absolute Gasteiger partial charge is 0.480 e. The van der Waals surface area contributed by atoms with Crippen molar-refractivity contribution in [2.75, 3.05) is 0 Å². The average molecular weight is 444 g/mol. The van der Waals surface area contributed by atoms with Gasteiger partial charge < -0.3 is 10.4 Å². The minimum atomic E-state index is -0.953. The Balaban J connectivity index is 3.67. The number of amides is 1. The summed E-state index contributed by atoms with van der Waals surface area (Å²) >= 11 is 0. The van der Waals surface area contributed by atoms with Crippen LogP contribution in [0.2, 0.25) is 0 Å². The number of aliphatic carboxylic acids is 1. The van der Waals surface area contributed by atoms with Crippen LogP contribution in [0.3, 0.4) is 0 Å². The number of carbonyl (C=O) groups excluding carboxylic acids is 1. The molecule has 0 heterocycles. The third kappa shape index (κ3) is 20.9. The lowest BCUT2D eigenvalue weighted by atomic mass is 10.0. The van der Waals surface area contributed by atoms with Gasteiger partial charge in [0, 0.05) is 6.42 Å².